The van der Waals surface area contributed by atoms with Gasteiger partial charge < -0.3 is 11.1 Å². The van der Waals surface area contributed by atoms with Gasteiger partial charge in [0, 0.05) is 5.38 Å². The van der Waals surface area contributed by atoms with Crippen LogP contribution in [0, 0.1) is 6.92 Å². The smallest absolute Gasteiger partial charge is 0.271 e. The first-order valence-corrected chi connectivity index (χ1v) is 6.53. The highest BCUT2D eigenvalue weighted by molar-refractivity contribution is 7.13. The molecule has 0 bridgehead atoms. The number of carbonyl (C=O) groups is 1. The molecule has 2 rings (SSSR count). The average molecular weight is 261 g/mol. The van der Waals surface area contributed by atoms with E-state index in [1.807, 2.05) is 38.1 Å². The lowest BCUT2D eigenvalue weighted by molar-refractivity contribution is 0.0935. The number of amides is 1. The zero-order chi connectivity index (χ0) is 13.1. The van der Waals surface area contributed by atoms with Gasteiger partial charge in [-0.25, -0.2) is 4.98 Å². The number of carbonyl (C=O) groups excluding carboxylic acids is 1. The van der Waals surface area contributed by atoms with Crippen molar-refractivity contribution >= 4 is 22.4 Å². The van der Waals surface area contributed by atoms with E-state index in [0.717, 1.165) is 11.1 Å². The van der Waals surface area contributed by atoms with Gasteiger partial charge in [0.15, 0.2) is 5.13 Å². The van der Waals surface area contributed by atoms with E-state index in [4.69, 9.17) is 5.73 Å². The third kappa shape index (κ3) is 2.68. The summed E-state index contributed by atoms with van der Waals surface area (Å²) < 4.78 is 0. The van der Waals surface area contributed by atoms with Gasteiger partial charge in [-0.15, -0.1) is 11.3 Å². The molecule has 1 heterocycles. The SMILES string of the molecule is Cc1ccccc1[C@@H](C)NC(=O)c1csc(N)n1. The fraction of sp³-hybridized carbons (Fsp3) is 0.231. The van der Waals surface area contributed by atoms with Gasteiger partial charge in [0.2, 0.25) is 0 Å². The Bertz CT molecular complexity index is 565. The van der Waals surface area contributed by atoms with Crippen molar-refractivity contribution in [1.29, 1.82) is 0 Å². The molecular formula is C13H15N3OS. The van der Waals surface area contributed by atoms with E-state index in [1.165, 1.54) is 11.3 Å². The van der Waals surface area contributed by atoms with E-state index in [0.29, 0.717) is 10.8 Å². The molecule has 1 amide bonds. The van der Waals surface area contributed by atoms with Crippen LogP contribution in [0.3, 0.4) is 0 Å². The Morgan fingerprint density at radius 3 is 2.78 bits per heavy atom. The van der Waals surface area contributed by atoms with Crippen molar-refractivity contribution < 1.29 is 4.79 Å². The van der Waals surface area contributed by atoms with E-state index in [9.17, 15) is 4.79 Å². The number of hydrogen-bond donors (Lipinski definition) is 2. The molecule has 2 aromatic rings. The number of thiazole rings is 1. The van der Waals surface area contributed by atoms with Crippen LogP contribution < -0.4 is 11.1 Å². The molecule has 4 nitrogen and oxygen atoms in total. The Morgan fingerprint density at radius 2 is 2.17 bits per heavy atom. The predicted octanol–water partition coefficient (Wildman–Crippen LogP) is 2.52. The van der Waals surface area contributed by atoms with Crippen LogP contribution in [0.1, 0.15) is 34.6 Å². The molecule has 1 aromatic heterocycles. The van der Waals surface area contributed by atoms with Crippen molar-refractivity contribution in [2.24, 2.45) is 0 Å². The van der Waals surface area contributed by atoms with Crippen LogP contribution in [0.25, 0.3) is 0 Å². The molecule has 0 saturated carbocycles. The Morgan fingerprint density at radius 1 is 1.44 bits per heavy atom. The highest BCUT2D eigenvalue weighted by atomic mass is 32.1. The molecule has 0 radical (unpaired) electrons. The fourth-order valence-corrected chi connectivity index (χ4v) is 2.36. The molecule has 0 aliphatic carbocycles. The lowest BCUT2D eigenvalue weighted by atomic mass is 10.0. The molecule has 94 valence electrons. The molecule has 1 aromatic carbocycles. The molecule has 18 heavy (non-hydrogen) atoms. The Labute approximate surface area is 110 Å². The number of nitrogens with two attached hydrogens (primary N) is 1. The zero-order valence-corrected chi connectivity index (χ0v) is 11.1. The number of aryl methyl sites for hydroxylation is 1. The fourth-order valence-electron chi connectivity index (χ4n) is 1.81. The number of nitrogen functional groups attached to an aromatic ring is 1. The van der Waals surface area contributed by atoms with Crippen molar-refractivity contribution in [3.05, 3.63) is 46.5 Å². The quantitative estimate of drug-likeness (QED) is 0.892. The molecule has 0 aliphatic rings. The molecule has 5 heteroatoms. The summed E-state index contributed by atoms with van der Waals surface area (Å²) >= 11 is 1.26. The van der Waals surface area contributed by atoms with E-state index < -0.39 is 0 Å². The largest absolute Gasteiger partial charge is 0.375 e. The van der Waals surface area contributed by atoms with Gasteiger partial charge in [-0.1, -0.05) is 24.3 Å². The van der Waals surface area contributed by atoms with Crippen LogP contribution >= 0.6 is 11.3 Å². The van der Waals surface area contributed by atoms with Gasteiger partial charge in [-0.05, 0) is 25.0 Å². The van der Waals surface area contributed by atoms with Crippen molar-refractivity contribution in [2.45, 2.75) is 19.9 Å². The van der Waals surface area contributed by atoms with Crippen LogP contribution in [0.5, 0.6) is 0 Å². The van der Waals surface area contributed by atoms with Crippen molar-refractivity contribution in [3.8, 4) is 0 Å². The number of hydrogen-bond acceptors (Lipinski definition) is 4. The van der Waals surface area contributed by atoms with Crippen molar-refractivity contribution in [1.82, 2.24) is 10.3 Å². The van der Waals surface area contributed by atoms with E-state index >= 15 is 0 Å². The van der Waals surface area contributed by atoms with Gasteiger partial charge in [0.25, 0.3) is 5.91 Å². The summed E-state index contributed by atoms with van der Waals surface area (Å²) in [6.45, 7) is 3.98. The van der Waals surface area contributed by atoms with Crippen molar-refractivity contribution in [2.75, 3.05) is 5.73 Å². The highest BCUT2D eigenvalue weighted by Crippen LogP contribution is 2.18. The zero-order valence-electron chi connectivity index (χ0n) is 10.3. The number of anilines is 1. The summed E-state index contributed by atoms with van der Waals surface area (Å²) in [6.07, 6.45) is 0. The first kappa shape index (κ1) is 12.6. The second-order valence-corrected chi connectivity index (χ2v) is 5.01. The molecule has 1 atom stereocenters. The third-order valence-electron chi connectivity index (χ3n) is 2.76. The van der Waals surface area contributed by atoms with Gasteiger partial charge in [0.05, 0.1) is 6.04 Å². The minimum atomic E-state index is -0.196. The molecule has 0 saturated heterocycles. The normalized spacial score (nSPS) is 12.1. The minimum absolute atomic E-state index is 0.0541. The summed E-state index contributed by atoms with van der Waals surface area (Å²) in [4.78, 5) is 15.9. The molecule has 0 aliphatic heterocycles. The maximum absolute atomic E-state index is 11.9. The van der Waals surface area contributed by atoms with E-state index in [2.05, 4.69) is 10.3 Å². The first-order valence-electron chi connectivity index (χ1n) is 5.65. The van der Waals surface area contributed by atoms with Crippen LogP contribution in [0.2, 0.25) is 0 Å². The Balaban J connectivity index is 2.10. The van der Waals surface area contributed by atoms with Crippen molar-refractivity contribution in [3.63, 3.8) is 0 Å². The molecule has 0 fully saturated rings. The topological polar surface area (TPSA) is 68.0 Å². The first-order chi connectivity index (χ1) is 8.58. The average Bonchev–Trinajstić information content (AvgIpc) is 2.76. The standard InChI is InChI=1S/C13H15N3OS/c1-8-5-3-4-6-10(8)9(2)15-12(17)11-7-18-13(14)16-11/h3-7,9H,1-2H3,(H2,14,16)(H,15,17)/t9-/m1/s1. The number of benzene rings is 1. The van der Waals surface area contributed by atoms with Gasteiger partial charge in [-0.3, -0.25) is 4.79 Å². The summed E-state index contributed by atoms with van der Waals surface area (Å²) in [6, 6.07) is 7.93. The number of nitrogens with one attached hydrogen (secondary N) is 1. The molecule has 0 unspecified atom stereocenters. The summed E-state index contributed by atoms with van der Waals surface area (Å²) in [7, 11) is 0. The van der Waals surface area contributed by atoms with E-state index in [1.54, 1.807) is 5.38 Å². The second-order valence-electron chi connectivity index (χ2n) is 4.12. The maximum Gasteiger partial charge on any atom is 0.271 e. The summed E-state index contributed by atoms with van der Waals surface area (Å²) in [5.41, 5.74) is 8.14. The third-order valence-corrected chi connectivity index (χ3v) is 3.43. The highest BCUT2D eigenvalue weighted by Gasteiger charge is 2.14. The van der Waals surface area contributed by atoms with Crippen LogP contribution in [0.4, 0.5) is 5.13 Å². The monoisotopic (exact) mass is 261 g/mol. The van der Waals surface area contributed by atoms with Gasteiger partial charge in [-0.2, -0.15) is 0 Å². The lowest BCUT2D eigenvalue weighted by Crippen LogP contribution is -2.27. The second kappa shape index (κ2) is 5.18. The number of nitrogens with zero attached hydrogens (tertiary/aromatic N) is 1. The molecular weight excluding hydrogens is 246 g/mol. The Hall–Kier alpha value is -1.88. The molecule has 3 N–H and O–H groups in total. The maximum atomic E-state index is 11.9. The summed E-state index contributed by atoms with van der Waals surface area (Å²) in [5, 5.41) is 4.98. The number of aromatic nitrogens is 1. The van der Waals surface area contributed by atoms with Crippen LogP contribution in [-0.4, -0.2) is 10.9 Å². The van der Waals surface area contributed by atoms with Gasteiger partial charge in [0.1, 0.15) is 5.69 Å². The molecule has 0 spiro atoms. The summed E-state index contributed by atoms with van der Waals surface area (Å²) in [5.74, 6) is -0.196. The predicted molar refractivity (Wildman–Crippen MR) is 73.6 cm³/mol. The van der Waals surface area contributed by atoms with Crippen LogP contribution in [-0.2, 0) is 0 Å². The Kier molecular flexibility index (Phi) is 3.62. The number of rotatable bonds is 3. The lowest BCUT2D eigenvalue weighted by Gasteiger charge is -2.15. The van der Waals surface area contributed by atoms with Gasteiger partial charge >= 0.3 is 0 Å². The minimum Gasteiger partial charge on any atom is -0.375 e. The van der Waals surface area contributed by atoms with Crippen LogP contribution in [0.15, 0.2) is 29.6 Å². The van der Waals surface area contributed by atoms with E-state index in [-0.39, 0.29) is 11.9 Å².